The molecule has 114 valence electrons. The fourth-order valence-corrected chi connectivity index (χ4v) is 2.55. The number of likely N-dealkylation sites (N-methyl/N-ethyl adjacent to an activating group) is 1. The van der Waals surface area contributed by atoms with Crippen LogP contribution in [0.15, 0.2) is 36.5 Å². The van der Waals surface area contributed by atoms with Gasteiger partial charge in [0.2, 0.25) is 0 Å². The quantitative estimate of drug-likeness (QED) is 0.853. The van der Waals surface area contributed by atoms with Gasteiger partial charge in [0.1, 0.15) is 12.4 Å². The third kappa shape index (κ3) is 2.69. The van der Waals surface area contributed by atoms with Crippen molar-refractivity contribution in [2.75, 3.05) is 20.2 Å². The topological polar surface area (TPSA) is 42.4 Å². The number of benzene rings is 1. The molecule has 4 heteroatoms. The first kappa shape index (κ1) is 14.6. The monoisotopic (exact) mass is 296 g/mol. The van der Waals surface area contributed by atoms with Crippen LogP contribution in [0.5, 0.6) is 5.75 Å². The highest BCUT2D eigenvalue weighted by atomic mass is 16.5. The summed E-state index contributed by atoms with van der Waals surface area (Å²) in [5.74, 6) is 1.09. The molecule has 0 spiro atoms. The summed E-state index contributed by atoms with van der Waals surface area (Å²) in [6, 6.07) is 9.82. The van der Waals surface area contributed by atoms with E-state index in [0.29, 0.717) is 30.4 Å². The third-order valence-electron chi connectivity index (χ3n) is 3.99. The molecule has 0 unspecified atom stereocenters. The molecule has 0 fully saturated rings. The van der Waals surface area contributed by atoms with Gasteiger partial charge in [-0.05, 0) is 41.8 Å². The van der Waals surface area contributed by atoms with Crippen molar-refractivity contribution < 1.29 is 9.53 Å². The number of carbonyl (C=O) groups is 1. The van der Waals surface area contributed by atoms with E-state index in [0.717, 1.165) is 11.3 Å². The molecule has 1 aromatic heterocycles. The minimum absolute atomic E-state index is 0.00522. The van der Waals surface area contributed by atoms with E-state index in [9.17, 15) is 4.79 Å². The Morgan fingerprint density at radius 2 is 2.05 bits per heavy atom. The summed E-state index contributed by atoms with van der Waals surface area (Å²) in [7, 11) is 1.80. The van der Waals surface area contributed by atoms with E-state index < -0.39 is 0 Å². The molecule has 2 heterocycles. The largest absolute Gasteiger partial charge is 0.491 e. The van der Waals surface area contributed by atoms with Crippen LogP contribution in [0.3, 0.4) is 0 Å². The van der Waals surface area contributed by atoms with Crippen molar-refractivity contribution in [2.24, 2.45) is 0 Å². The number of aromatic nitrogens is 1. The fraction of sp³-hybridized carbons (Fsp3) is 0.333. The van der Waals surface area contributed by atoms with Gasteiger partial charge in [0, 0.05) is 18.8 Å². The minimum atomic E-state index is -0.00522. The lowest BCUT2D eigenvalue weighted by Gasteiger charge is -2.13. The van der Waals surface area contributed by atoms with Crippen molar-refractivity contribution in [2.45, 2.75) is 19.8 Å². The summed E-state index contributed by atoms with van der Waals surface area (Å²) in [5, 5.41) is 0. The van der Waals surface area contributed by atoms with Crippen LogP contribution in [-0.2, 0) is 0 Å². The van der Waals surface area contributed by atoms with E-state index in [-0.39, 0.29) is 5.91 Å². The molecule has 1 aliphatic heterocycles. The van der Waals surface area contributed by atoms with Crippen LogP contribution < -0.4 is 4.74 Å². The van der Waals surface area contributed by atoms with E-state index in [1.807, 2.05) is 30.5 Å². The van der Waals surface area contributed by atoms with Gasteiger partial charge < -0.3 is 9.64 Å². The molecule has 0 saturated heterocycles. The second-order valence-corrected chi connectivity index (χ2v) is 5.92. The third-order valence-corrected chi connectivity index (χ3v) is 3.99. The van der Waals surface area contributed by atoms with E-state index in [2.05, 4.69) is 24.9 Å². The molecule has 0 atom stereocenters. The molecule has 1 amide bonds. The average molecular weight is 296 g/mol. The lowest BCUT2D eigenvalue weighted by atomic mass is 10.0. The van der Waals surface area contributed by atoms with Gasteiger partial charge in [0.15, 0.2) is 0 Å². The average Bonchev–Trinajstić information content (AvgIpc) is 2.67. The molecule has 0 radical (unpaired) electrons. The van der Waals surface area contributed by atoms with E-state index in [1.54, 1.807) is 11.9 Å². The Kier molecular flexibility index (Phi) is 3.84. The van der Waals surface area contributed by atoms with E-state index >= 15 is 0 Å². The summed E-state index contributed by atoms with van der Waals surface area (Å²) >= 11 is 0. The number of pyridine rings is 1. The lowest BCUT2D eigenvalue weighted by Crippen LogP contribution is -2.27. The first-order chi connectivity index (χ1) is 10.6. The van der Waals surface area contributed by atoms with Crippen molar-refractivity contribution in [3.05, 3.63) is 47.7 Å². The number of nitrogens with zero attached hydrogens (tertiary/aromatic N) is 2. The van der Waals surface area contributed by atoms with Gasteiger partial charge >= 0.3 is 0 Å². The van der Waals surface area contributed by atoms with Crippen LogP contribution in [0.2, 0.25) is 0 Å². The molecular weight excluding hydrogens is 276 g/mol. The highest BCUT2D eigenvalue weighted by Gasteiger charge is 2.21. The maximum atomic E-state index is 12.4. The van der Waals surface area contributed by atoms with Crippen molar-refractivity contribution in [3.63, 3.8) is 0 Å². The molecule has 22 heavy (non-hydrogen) atoms. The number of ether oxygens (including phenoxy) is 1. The Hall–Kier alpha value is -2.36. The lowest BCUT2D eigenvalue weighted by molar-refractivity contribution is 0.0797. The summed E-state index contributed by atoms with van der Waals surface area (Å²) in [4.78, 5) is 18.6. The number of fused-ring (bicyclic) bond motifs is 1. The minimum Gasteiger partial charge on any atom is -0.491 e. The van der Waals surface area contributed by atoms with Crippen LogP contribution in [0.25, 0.3) is 11.3 Å². The van der Waals surface area contributed by atoms with Gasteiger partial charge in [-0.1, -0.05) is 13.8 Å². The Bertz CT molecular complexity index is 710. The predicted molar refractivity (Wildman–Crippen MR) is 86.2 cm³/mol. The highest BCUT2D eigenvalue weighted by molar-refractivity contribution is 5.98. The summed E-state index contributed by atoms with van der Waals surface area (Å²) in [6.45, 7) is 5.44. The first-order valence-electron chi connectivity index (χ1n) is 7.55. The summed E-state index contributed by atoms with van der Waals surface area (Å²) < 4.78 is 5.66. The molecule has 3 rings (SSSR count). The van der Waals surface area contributed by atoms with E-state index in [1.165, 1.54) is 5.56 Å². The van der Waals surface area contributed by atoms with Gasteiger partial charge in [-0.3, -0.25) is 9.78 Å². The smallest absolute Gasteiger partial charge is 0.257 e. The Labute approximate surface area is 130 Å². The highest BCUT2D eigenvalue weighted by Crippen LogP contribution is 2.29. The number of rotatable bonds is 2. The van der Waals surface area contributed by atoms with Gasteiger partial charge in [0.25, 0.3) is 5.91 Å². The van der Waals surface area contributed by atoms with E-state index in [4.69, 9.17) is 4.74 Å². The molecule has 0 saturated carbocycles. The standard InChI is InChI=1S/C18H20N2O2/c1-12(2)13-6-7-19-16(11-13)14-4-5-17-15(10-14)18(21)20(3)8-9-22-17/h4-7,10-12H,8-9H2,1-3H3. The number of amides is 1. The Morgan fingerprint density at radius 3 is 2.82 bits per heavy atom. The second kappa shape index (κ2) is 5.79. The SMILES string of the molecule is CC(C)c1ccnc(-c2ccc3c(c2)C(=O)N(C)CCO3)c1. The Balaban J connectivity index is 2.05. The molecule has 0 aliphatic carbocycles. The molecule has 1 aliphatic rings. The van der Waals surface area contributed by atoms with Crippen LogP contribution in [0.1, 0.15) is 35.7 Å². The molecule has 0 bridgehead atoms. The normalized spacial score (nSPS) is 14.5. The van der Waals surface area contributed by atoms with Crippen molar-refractivity contribution in [1.29, 1.82) is 0 Å². The fourth-order valence-electron chi connectivity index (χ4n) is 2.55. The number of hydrogen-bond acceptors (Lipinski definition) is 3. The van der Waals surface area contributed by atoms with Crippen LogP contribution in [0.4, 0.5) is 0 Å². The van der Waals surface area contributed by atoms with Crippen molar-refractivity contribution in [3.8, 4) is 17.0 Å². The summed E-state index contributed by atoms with van der Waals surface area (Å²) in [6.07, 6.45) is 1.82. The zero-order chi connectivity index (χ0) is 15.7. The Morgan fingerprint density at radius 1 is 1.23 bits per heavy atom. The summed E-state index contributed by atoms with van der Waals surface area (Å²) in [5.41, 5.74) is 3.66. The molecule has 2 aromatic rings. The van der Waals surface area contributed by atoms with Gasteiger partial charge in [-0.2, -0.15) is 0 Å². The van der Waals surface area contributed by atoms with Crippen LogP contribution in [0, 0.1) is 0 Å². The maximum Gasteiger partial charge on any atom is 0.257 e. The zero-order valence-corrected chi connectivity index (χ0v) is 13.2. The van der Waals surface area contributed by atoms with Crippen LogP contribution in [-0.4, -0.2) is 36.0 Å². The van der Waals surface area contributed by atoms with Crippen molar-refractivity contribution in [1.82, 2.24) is 9.88 Å². The maximum absolute atomic E-state index is 12.4. The second-order valence-electron chi connectivity index (χ2n) is 5.92. The molecule has 4 nitrogen and oxygen atoms in total. The predicted octanol–water partition coefficient (Wildman–Crippen LogP) is 3.34. The van der Waals surface area contributed by atoms with Gasteiger partial charge in [-0.25, -0.2) is 0 Å². The van der Waals surface area contributed by atoms with Gasteiger partial charge in [0.05, 0.1) is 17.8 Å². The molecule has 0 N–H and O–H groups in total. The first-order valence-corrected chi connectivity index (χ1v) is 7.55. The molecular formula is C18H20N2O2. The van der Waals surface area contributed by atoms with Crippen LogP contribution >= 0.6 is 0 Å². The van der Waals surface area contributed by atoms with Gasteiger partial charge in [-0.15, -0.1) is 0 Å². The number of carbonyl (C=O) groups excluding carboxylic acids is 1. The zero-order valence-electron chi connectivity index (χ0n) is 13.2. The number of hydrogen-bond donors (Lipinski definition) is 0. The van der Waals surface area contributed by atoms with Crippen molar-refractivity contribution >= 4 is 5.91 Å². The molecule has 1 aromatic carbocycles.